The summed E-state index contributed by atoms with van der Waals surface area (Å²) in [6, 6.07) is 5.67. The lowest BCUT2D eigenvalue weighted by Crippen LogP contribution is -2.41. The van der Waals surface area contributed by atoms with E-state index in [4.69, 9.17) is 16.3 Å². The van der Waals surface area contributed by atoms with Crippen molar-refractivity contribution in [3.05, 3.63) is 47.0 Å². The van der Waals surface area contributed by atoms with Crippen molar-refractivity contribution in [2.24, 2.45) is 5.92 Å². The average molecular weight is 502 g/mol. The van der Waals surface area contributed by atoms with Gasteiger partial charge in [-0.15, -0.1) is 0 Å². The number of methoxy groups -OCH3 is 1. The van der Waals surface area contributed by atoms with Crippen molar-refractivity contribution in [3.8, 4) is 5.75 Å². The number of anilines is 1. The second kappa shape index (κ2) is 8.89. The molecule has 4 rings (SSSR count). The Morgan fingerprint density at radius 3 is 2.66 bits per heavy atom. The second-order valence-corrected chi connectivity index (χ2v) is 10.5. The molecule has 1 aromatic heterocycles. The molecule has 32 heavy (non-hydrogen) atoms. The minimum Gasteiger partial charge on any atom is -0.494 e. The van der Waals surface area contributed by atoms with Gasteiger partial charge in [0.2, 0.25) is 15.9 Å². The zero-order chi connectivity index (χ0) is 23.0. The van der Waals surface area contributed by atoms with E-state index in [0.29, 0.717) is 32.2 Å². The number of nitrogens with one attached hydrogen (secondary N) is 1. The van der Waals surface area contributed by atoms with Gasteiger partial charge in [0.15, 0.2) is 5.13 Å². The first-order valence-electron chi connectivity index (χ1n) is 9.60. The molecule has 0 atom stereocenters. The smallest absolute Gasteiger partial charge is 0.246 e. The molecule has 1 amide bonds. The summed E-state index contributed by atoms with van der Waals surface area (Å²) in [5.41, 5.74) is 0.540. The highest BCUT2D eigenvalue weighted by molar-refractivity contribution is 7.89. The van der Waals surface area contributed by atoms with Crippen LogP contribution in [0.5, 0.6) is 5.75 Å². The van der Waals surface area contributed by atoms with Crippen LogP contribution in [-0.2, 0) is 14.8 Å². The van der Waals surface area contributed by atoms with Crippen LogP contribution in [-0.4, -0.2) is 43.8 Å². The summed E-state index contributed by atoms with van der Waals surface area (Å²) >= 11 is 7.42. The van der Waals surface area contributed by atoms with Crippen molar-refractivity contribution in [1.29, 1.82) is 0 Å². The lowest BCUT2D eigenvalue weighted by molar-refractivity contribution is -0.120. The van der Waals surface area contributed by atoms with E-state index >= 15 is 0 Å². The molecule has 0 radical (unpaired) electrons. The van der Waals surface area contributed by atoms with Gasteiger partial charge in [-0.25, -0.2) is 22.2 Å². The summed E-state index contributed by atoms with van der Waals surface area (Å²) < 4.78 is 59.9. The summed E-state index contributed by atoms with van der Waals surface area (Å²) in [5, 5.41) is 3.60. The molecule has 170 valence electrons. The van der Waals surface area contributed by atoms with Gasteiger partial charge in [-0.2, -0.15) is 4.31 Å². The van der Waals surface area contributed by atoms with E-state index in [1.165, 1.54) is 18.4 Å². The molecule has 0 spiro atoms. The van der Waals surface area contributed by atoms with E-state index in [1.807, 2.05) is 0 Å². The third kappa shape index (κ3) is 4.29. The van der Waals surface area contributed by atoms with Crippen LogP contribution in [0.2, 0.25) is 5.02 Å². The molecule has 3 aromatic rings. The lowest BCUT2D eigenvalue weighted by Gasteiger charge is -2.30. The molecule has 0 saturated carbocycles. The van der Waals surface area contributed by atoms with Gasteiger partial charge in [0.05, 0.1) is 16.8 Å². The van der Waals surface area contributed by atoms with Crippen molar-refractivity contribution in [1.82, 2.24) is 9.29 Å². The van der Waals surface area contributed by atoms with Gasteiger partial charge in [0.1, 0.15) is 27.8 Å². The highest BCUT2D eigenvalue weighted by Gasteiger charge is 2.34. The second-order valence-electron chi connectivity index (χ2n) is 7.19. The summed E-state index contributed by atoms with van der Waals surface area (Å²) in [4.78, 5) is 16.4. The maximum Gasteiger partial charge on any atom is 0.246 e. The number of carbonyl (C=O) groups excluding carboxylic acids is 1. The third-order valence-corrected chi connectivity index (χ3v) is 8.59. The summed E-state index contributed by atoms with van der Waals surface area (Å²) in [6.45, 7) is 0.0196. The fourth-order valence-corrected chi connectivity index (χ4v) is 6.25. The van der Waals surface area contributed by atoms with Crippen LogP contribution in [0.4, 0.5) is 13.9 Å². The summed E-state index contributed by atoms with van der Waals surface area (Å²) in [6.07, 6.45) is 0.466. The molecular weight excluding hydrogens is 484 g/mol. The minimum absolute atomic E-state index is 0.00979. The molecular formula is C20H18ClF2N3O4S2. The number of fused-ring (bicyclic) bond motifs is 1. The quantitative estimate of drug-likeness (QED) is 0.564. The predicted octanol–water partition coefficient (Wildman–Crippen LogP) is 4.28. The number of thiazole rings is 1. The molecule has 0 aliphatic carbocycles. The van der Waals surface area contributed by atoms with E-state index in [1.54, 1.807) is 12.1 Å². The fourth-order valence-electron chi connectivity index (χ4n) is 3.55. The predicted molar refractivity (Wildman–Crippen MR) is 118 cm³/mol. The van der Waals surface area contributed by atoms with E-state index in [2.05, 4.69) is 10.3 Å². The zero-order valence-corrected chi connectivity index (χ0v) is 19.2. The number of piperidine rings is 1. The molecule has 2 heterocycles. The van der Waals surface area contributed by atoms with Gasteiger partial charge >= 0.3 is 0 Å². The zero-order valence-electron chi connectivity index (χ0n) is 16.8. The SMILES string of the molecule is COc1ccc(Cl)c2sc(NC(=O)C3CCN(S(=O)(=O)c4cc(F)ccc4F)CC3)nc12. The summed E-state index contributed by atoms with van der Waals surface area (Å²) in [5.74, 6) is -2.08. The number of aromatic nitrogens is 1. The van der Waals surface area contributed by atoms with Crippen LogP contribution < -0.4 is 10.1 Å². The Labute approximate surface area is 192 Å². The number of rotatable bonds is 5. The number of sulfonamides is 1. The maximum atomic E-state index is 14.0. The average Bonchev–Trinajstić information content (AvgIpc) is 3.20. The van der Waals surface area contributed by atoms with Gasteiger partial charge in [-0.05, 0) is 43.2 Å². The van der Waals surface area contributed by atoms with Crippen molar-refractivity contribution in [2.45, 2.75) is 17.7 Å². The van der Waals surface area contributed by atoms with Crippen LogP contribution in [0.3, 0.4) is 0 Å². The number of carbonyl (C=O) groups is 1. The van der Waals surface area contributed by atoms with Crippen LogP contribution in [0.25, 0.3) is 10.2 Å². The monoisotopic (exact) mass is 501 g/mol. The molecule has 1 aliphatic heterocycles. The lowest BCUT2D eigenvalue weighted by atomic mass is 9.97. The molecule has 1 N–H and O–H groups in total. The normalized spacial score (nSPS) is 15.8. The molecule has 0 bridgehead atoms. The van der Waals surface area contributed by atoms with Crippen LogP contribution in [0.15, 0.2) is 35.2 Å². The largest absolute Gasteiger partial charge is 0.494 e. The summed E-state index contributed by atoms with van der Waals surface area (Å²) in [7, 11) is -2.69. The topological polar surface area (TPSA) is 88.6 Å². The van der Waals surface area contributed by atoms with Crippen molar-refractivity contribution in [2.75, 3.05) is 25.5 Å². The number of amides is 1. The van der Waals surface area contributed by atoms with Crippen molar-refractivity contribution in [3.63, 3.8) is 0 Å². The van der Waals surface area contributed by atoms with Crippen LogP contribution in [0.1, 0.15) is 12.8 Å². The Kier molecular flexibility index (Phi) is 6.35. The van der Waals surface area contributed by atoms with Gasteiger partial charge in [-0.3, -0.25) is 4.79 Å². The number of hydrogen-bond donors (Lipinski definition) is 1. The Balaban J connectivity index is 1.44. The maximum absolute atomic E-state index is 14.0. The van der Waals surface area contributed by atoms with Gasteiger partial charge in [0, 0.05) is 19.0 Å². The molecule has 7 nitrogen and oxygen atoms in total. The molecule has 1 saturated heterocycles. The Morgan fingerprint density at radius 1 is 1.25 bits per heavy atom. The standard InChI is InChI=1S/C20H18ClF2N3O4S2/c1-30-15-5-3-13(21)18-17(15)24-20(31-18)25-19(27)11-6-8-26(9-7-11)32(28,29)16-10-12(22)2-4-14(16)23/h2-5,10-11H,6-9H2,1H3,(H,24,25,27). The number of halogens is 3. The number of nitrogens with zero attached hydrogens (tertiary/aromatic N) is 2. The number of benzene rings is 2. The third-order valence-electron chi connectivity index (χ3n) is 5.24. The van der Waals surface area contributed by atoms with Crippen LogP contribution >= 0.6 is 22.9 Å². The number of ether oxygens (including phenoxy) is 1. The first-order chi connectivity index (χ1) is 15.2. The number of hydrogen-bond acceptors (Lipinski definition) is 6. The van der Waals surface area contributed by atoms with Gasteiger partial charge < -0.3 is 10.1 Å². The highest BCUT2D eigenvalue weighted by atomic mass is 35.5. The van der Waals surface area contributed by atoms with Gasteiger partial charge in [-0.1, -0.05) is 22.9 Å². The Hall–Kier alpha value is -2.34. The molecule has 1 aliphatic rings. The molecule has 12 heteroatoms. The Bertz CT molecular complexity index is 1290. The van der Waals surface area contributed by atoms with E-state index in [9.17, 15) is 22.0 Å². The van der Waals surface area contributed by atoms with Gasteiger partial charge in [0.25, 0.3) is 0 Å². The first kappa shape index (κ1) is 22.8. The molecule has 2 aromatic carbocycles. The van der Waals surface area contributed by atoms with Crippen LogP contribution in [0, 0.1) is 17.6 Å². The van der Waals surface area contributed by atoms with E-state index in [0.717, 1.165) is 16.4 Å². The first-order valence-corrected chi connectivity index (χ1v) is 12.2. The van der Waals surface area contributed by atoms with Crippen molar-refractivity contribution >= 4 is 54.2 Å². The van der Waals surface area contributed by atoms with E-state index in [-0.39, 0.29) is 31.8 Å². The minimum atomic E-state index is -4.21. The van der Waals surface area contributed by atoms with Crippen molar-refractivity contribution < 1.29 is 26.7 Å². The Morgan fingerprint density at radius 2 is 1.97 bits per heavy atom. The molecule has 0 unspecified atom stereocenters. The molecule has 1 fully saturated rings. The van der Waals surface area contributed by atoms with E-state index < -0.39 is 32.5 Å². The highest BCUT2D eigenvalue weighted by Crippen LogP contribution is 2.37. The fraction of sp³-hybridized carbons (Fsp3) is 0.300.